The summed E-state index contributed by atoms with van der Waals surface area (Å²) in [5.41, 5.74) is 0.471. The summed E-state index contributed by atoms with van der Waals surface area (Å²) in [5, 5.41) is 0.208. The van der Waals surface area contributed by atoms with Crippen molar-refractivity contribution in [3.8, 4) is 23.0 Å². The first-order valence-corrected chi connectivity index (χ1v) is 8.75. The van der Waals surface area contributed by atoms with Crippen LogP contribution in [0.25, 0.3) is 0 Å². The lowest BCUT2D eigenvalue weighted by Crippen LogP contribution is -2.14. The lowest BCUT2D eigenvalue weighted by molar-refractivity contribution is 0.0474. The Hall–Kier alpha value is -2.93. The zero-order valence-corrected chi connectivity index (χ0v) is 16.8. The topological polar surface area (TPSA) is 80.3 Å². The largest absolute Gasteiger partial charge is 0.493 e. The van der Waals surface area contributed by atoms with Crippen LogP contribution in [0, 0.1) is 0 Å². The van der Waals surface area contributed by atoms with Gasteiger partial charge >= 0.3 is 5.97 Å². The summed E-state index contributed by atoms with van der Waals surface area (Å²) in [7, 11) is 4.40. The Balaban J connectivity index is 2.11. The summed E-state index contributed by atoms with van der Waals surface area (Å²) in [6, 6.07) is 7.53. The number of Topliss-reactive ketones (excluding diaryl/α,β-unsaturated/α-hetero) is 1. The van der Waals surface area contributed by atoms with Gasteiger partial charge in [0.25, 0.3) is 0 Å². The van der Waals surface area contributed by atoms with Crippen molar-refractivity contribution >= 4 is 23.4 Å². The molecule has 0 unspecified atom stereocenters. The number of halogens is 1. The molecule has 0 aromatic heterocycles. The second kappa shape index (κ2) is 9.85. The summed E-state index contributed by atoms with van der Waals surface area (Å²) in [5.74, 6) is 0.433. The number of benzene rings is 2. The van der Waals surface area contributed by atoms with Crippen molar-refractivity contribution in [3.05, 3.63) is 46.5 Å². The summed E-state index contributed by atoms with van der Waals surface area (Å²) in [6.45, 7) is 1.75. The average Bonchev–Trinajstić information content (AvgIpc) is 2.72. The van der Waals surface area contributed by atoms with Crippen LogP contribution in [0.1, 0.15) is 27.6 Å². The third kappa shape index (κ3) is 4.86. The first kappa shape index (κ1) is 21.4. The van der Waals surface area contributed by atoms with E-state index in [1.54, 1.807) is 19.1 Å². The molecule has 7 nitrogen and oxygen atoms in total. The number of carbonyl (C=O) groups excluding carboxylic acids is 2. The highest BCUT2D eigenvalue weighted by atomic mass is 35.5. The van der Waals surface area contributed by atoms with Crippen molar-refractivity contribution < 1.29 is 33.3 Å². The molecule has 0 radical (unpaired) electrons. The fourth-order valence-electron chi connectivity index (χ4n) is 2.43. The van der Waals surface area contributed by atoms with Crippen molar-refractivity contribution in [1.29, 1.82) is 0 Å². The molecule has 2 rings (SSSR count). The van der Waals surface area contributed by atoms with Crippen LogP contribution < -0.4 is 18.9 Å². The van der Waals surface area contributed by atoms with E-state index in [0.29, 0.717) is 35.2 Å². The first-order valence-electron chi connectivity index (χ1n) is 8.37. The number of ketones is 1. The van der Waals surface area contributed by atoms with E-state index >= 15 is 0 Å². The van der Waals surface area contributed by atoms with Gasteiger partial charge in [-0.3, -0.25) is 4.79 Å². The number of hydrogen-bond donors (Lipinski definition) is 0. The Morgan fingerprint density at radius 2 is 1.54 bits per heavy atom. The van der Waals surface area contributed by atoms with Crippen LogP contribution in [0.15, 0.2) is 30.3 Å². The van der Waals surface area contributed by atoms with Crippen LogP contribution in [-0.2, 0) is 4.74 Å². The predicted octanol–water partition coefficient (Wildman–Crippen LogP) is 3.80. The molecule has 150 valence electrons. The maximum absolute atomic E-state index is 12.3. The normalized spacial score (nSPS) is 10.2. The molecule has 2 aromatic rings. The van der Waals surface area contributed by atoms with Gasteiger partial charge in [0.15, 0.2) is 35.4 Å². The number of hydrogen-bond acceptors (Lipinski definition) is 7. The summed E-state index contributed by atoms with van der Waals surface area (Å²) in [6.07, 6.45) is 0. The van der Waals surface area contributed by atoms with E-state index in [4.69, 9.17) is 35.3 Å². The van der Waals surface area contributed by atoms with E-state index in [1.807, 2.05) is 0 Å². The van der Waals surface area contributed by atoms with Crippen LogP contribution in [0.4, 0.5) is 0 Å². The van der Waals surface area contributed by atoms with Gasteiger partial charge in [0.05, 0.1) is 38.5 Å². The van der Waals surface area contributed by atoms with Gasteiger partial charge in [-0.2, -0.15) is 0 Å². The molecule has 0 amide bonds. The van der Waals surface area contributed by atoms with Crippen LogP contribution >= 0.6 is 11.6 Å². The molecule has 0 saturated heterocycles. The van der Waals surface area contributed by atoms with Crippen molar-refractivity contribution in [2.75, 3.05) is 34.5 Å². The molecule has 0 saturated carbocycles. The average molecular weight is 409 g/mol. The fraction of sp³-hybridized carbons (Fsp3) is 0.300. The maximum Gasteiger partial charge on any atom is 0.338 e. The zero-order valence-electron chi connectivity index (χ0n) is 16.0. The van der Waals surface area contributed by atoms with Crippen LogP contribution in [-0.4, -0.2) is 46.3 Å². The van der Waals surface area contributed by atoms with Gasteiger partial charge in [-0.15, -0.1) is 0 Å². The predicted molar refractivity (Wildman–Crippen MR) is 103 cm³/mol. The van der Waals surface area contributed by atoms with Gasteiger partial charge in [-0.25, -0.2) is 4.79 Å². The Morgan fingerprint density at radius 3 is 2.14 bits per heavy atom. The minimum atomic E-state index is -0.711. The maximum atomic E-state index is 12.3. The highest BCUT2D eigenvalue weighted by molar-refractivity contribution is 6.32. The van der Waals surface area contributed by atoms with E-state index in [2.05, 4.69) is 0 Å². The molecule has 0 heterocycles. The zero-order chi connectivity index (χ0) is 20.7. The molecule has 8 heteroatoms. The molecule has 2 aromatic carbocycles. The third-order valence-electron chi connectivity index (χ3n) is 3.79. The highest BCUT2D eigenvalue weighted by Crippen LogP contribution is 2.36. The van der Waals surface area contributed by atoms with Crippen molar-refractivity contribution in [2.45, 2.75) is 6.92 Å². The Labute approximate surface area is 168 Å². The molecule has 28 heavy (non-hydrogen) atoms. The Bertz CT molecular complexity index is 864. The quantitative estimate of drug-likeness (QED) is 0.461. The van der Waals surface area contributed by atoms with E-state index < -0.39 is 18.4 Å². The number of carbonyl (C=O) groups is 2. The standard InChI is InChI=1S/C20H21ClO7/c1-5-27-19-14(21)8-13(10-18(19)26-4)20(23)28-11-15(22)12-6-7-16(24-2)17(9-12)25-3/h6-10H,5,11H2,1-4H3. The van der Waals surface area contributed by atoms with E-state index in [0.717, 1.165) is 0 Å². The molecule has 0 bridgehead atoms. The molecule has 0 atom stereocenters. The molecular weight excluding hydrogens is 388 g/mol. The van der Waals surface area contributed by atoms with Gasteiger partial charge in [0.2, 0.25) is 0 Å². The monoisotopic (exact) mass is 408 g/mol. The van der Waals surface area contributed by atoms with Gasteiger partial charge < -0.3 is 23.7 Å². The van der Waals surface area contributed by atoms with Gasteiger partial charge in [-0.1, -0.05) is 11.6 Å². The molecule has 0 aliphatic rings. The van der Waals surface area contributed by atoms with Crippen molar-refractivity contribution in [1.82, 2.24) is 0 Å². The molecule has 0 aliphatic carbocycles. The van der Waals surface area contributed by atoms with E-state index in [1.165, 1.54) is 39.5 Å². The Kier molecular flexibility index (Phi) is 7.52. The number of ether oxygens (including phenoxy) is 5. The molecule has 0 spiro atoms. The minimum Gasteiger partial charge on any atom is -0.493 e. The van der Waals surface area contributed by atoms with E-state index in [-0.39, 0.29) is 10.6 Å². The highest BCUT2D eigenvalue weighted by Gasteiger charge is 2.18. The lowest BCUT2D eigenvalue weighted by atomic mass is 10.1. The van der Waals surface area contributed by atoms with Crippen LogP contribution in [0.3, 0.4) is 0 Å². The molecule has 0 N–H and O–H groups in total. The van der Waals surface area contributed by atoms with Crippen molar-refractivity contribution in [2.24, 2.45) is 0 Å². The molecular formula is C20H21ClO7. The molecule has 0 fully saturated rings. The second-order valence-corrected chi connectivity index (χ2v) is 5.90. The van der Waals surface area contributed by atoms with Gasteiger partial charge in [0, 0.05) is 5.56 Å². The lowest BCUT2D eigenvalue weighted by Gasteiger charge is -2.13. The second-order valence-electron chi connectivity index (χ2n) is 5.49. The first-order chi connectivity index (χ1) is 13.4. The number of esters is 1. The number of rotatable bonds is 9. The summed E-state index contributed by atoms with van der Waals surface area (Å²) >= 11 is 6.15. The van der Waals surface area contributed by atoms with Gasteiger partial charge in [-0.05, 0) is 37.3 Å². The SMILES string of the molecule is CCOc1c(Cl)cc(C(=O)OCC(=O)c2ccc(OC)c(OC)c2)cc1OC. The Morgan fingerprint density at radius 1 is 0.893 bits per heavy atom. The number of methoxy groups -OCH3 is 3. The smallest absolute Gasteiger partial charge is 0.338 e. The summed E-state index contributed by atoms with van der Waals surface area (Å²) in [4.78, 5) is 24.7. The fourth-order valence-corrected chi connectivity index (χ4v) is 2.69. The van der Waals surface area contributed by atoms with Crippen LogP contribution in [0.5, 0.6) is 23.0 Å². The van der Waals surface area contributed by atoms with Crippen molar-refractivity contribution in [3.63, 3.8) is 0 Å². The van der Waals surface area contributed by atoms with E-state index in [9.17, 15) is 9.59 Å². The minimum absolute atomic E-state index is 0.144. The third-order valence-corrected chi connectivity index (χ3v) is 4.07. The summed E-state index contributed by atoms with van der Waals surface area (Å²) < 4.78 is 26.0. The molecule has 0 aliphatic heterocycles. The van der Waals surface area contributed by atoms with Crippen LogP contribution in [0.2, 0.25) is 5.02 Å². The van der Waals surface area contributed by atoms with Gasteiger partial charge in [0.1, 0.15) is 0 Å².